The van der Waals surface area contributed by atoms with Gasteiger partial charge in [0.25, 0.3) is 6.47 Å². The lowest BCUT2D eigenvalue weighted by Crippen LogP contribution is -2.11. The third-order valence-corrected chi connectivity index (χ3v) is 4.34. The van der Waals surface area contributed by atoms with E-state index in [0.29, 0.717) is 22.6 Å². The highest BCUT2D eigenvalue weighted by atomic mass is 16.7. The molecule has 0 fully saturated rings. The van der Waals surface area contributed by atoms with Crippen LogP contribution in [0.15, 0.2) is 66.7 Å². The van der Waals surface area contributed by atoms with Crippen molar-refractivity contribution in [3.8, 4) is 23.0 Å². The van der Waals surface area contributed by atoms with E-state index in [9.17, 15) is 14.4 Å². The molecule has 0 aliphatic rings. The number of carbonyl (C=O) groups is 4. The maximum absolute atomic E-state index is 12.4. The molecule has 0 atom stereocenters. The fourth-order valence-corrected chi connectivity index (χ4v) is 2.65. The molecule has 0 radical (unpaired) electrons. The van der Waals surface area contributed by atoms with Crippen molar-refractivity contribution in [3.05, 3.63) is 83.4 Å². The Morgan fingerprint density at radius 3 is 1.69 bits per heavy atom. The number of methoxy groups -OCH3 is 2. The third kappa shape index (κ3) is 7.90. The van der Waals surface area contributed by atoms with E-state index in [0.717, 1.165) is 0 Å². The van der Waals surface area contributed by atoms with Gasteiger partial charge in [0.2, 0.25) is 0 Å². The van der Waals surface area contributed by atoms with Crippen molar-refractivity contribution in [3.63, 3.8) is 0 Å². The van der Waals surface area contributed by atoms with Gasteiger partial charge in [-0.25, -0.2) is 14.4 Å². The van der Waals surface area contributed by atoms with Crippen molar-refractivity contribution in [2.24, 2.45) is 0 Å². The van der Waals surface area contributed by atoms with Crippen LogP contribution in [0.4, 0.5) is 4.79 Å². The third-order valence-electron chi connectivity index (χ3n) is 4.34. The van der Waals surface area contributed by atoms with E-state index >= 15 is 0 Å². The lowest BCUT2D eigenvalue weighted by atomic mass is 10.2. The molecule has 0 amide bonds. The van der Waals surface area contributed by atoms with E-state index in [1.54, 1.807) is 50.4 Å². The van der Waals surface area contributed by atoms with Gasteiger partial charge in [-0.3, -0.25) is 4.79 Å². The van der Waals surface area contributed by atoms with Crippen LogP contribution < -0.4 is 18.9 Å². The zero-order chi connectivity index (χ0) is 25.8. The minimum atomic E-state index is -0.858. The largest absolute Gasteiger partial charge is 0.513 e. The number of esters is 2. The van der Waals surface area contributed by atoms with Crippen molar-refractivity contribution >= 4 is 24.6 Å². The maximum Gasteiger partial charge on any atom is 0.513 e. The van der Waals surface area contributed by atoms with Crippen LogP contribution in [0.3, 0.4) is 0 Å². The Balaban J connectivity index is 0.00000137. The second kappa shape index (κ2) is 13.0. The Morgan fingerprint density at radius 2 is 1.20 bits per heavy atom. The summed E-state index contributed by atoms with van der Waals surface area (Å²) in [5.74, 6) is 0.370. The number of benzene rings is 3. The fourth-order valence-electron chi connectivity index (χ4n) is 2.65. The molecule has 182 valence electrons. The smallest absolute Gasteiger partial charge is 0.497 e. The Morgan fingerprint density at radius 1 is 0.714 bits per heavy atom. The zero-order valence-electron chi connectivity index (χ0n) is 19.0. The van der Waals surface area contributed by atoms with E-state index in [2.05, 4.69) is 4.74 Å². The molecule has 10 heteroatoms. The molecule has 3 aromatic rings. The first kappa shape index (κ1) is 26.4. The summed E-state index contributed by atoms with van der Waals surface area (Å²) in [5, 5.41) is 6.89. The first-order valence-electron chi connectivity index (χ1n) is 9.94. The van der Waals surface area contributed by atoms with Crippen molar-refractivity contribution in [1.82, 2.24) is 0 Å². The Bertz CT molecular complexity index is 1170. The number of carbonyl (C=O) groups excluding carboxylic acids is 3. The molecule has 0 aliphatic carbocycles. The number of rotatable bonds is 6. The van der Waals surface area contributed by atoms with E-state index in [1.165, 1.54) is 37.4 Å². The van der Waals surface area contributed by atoms with Gasteiger partial charge in [-0.15, -0.1) is 0 Å². The van der Waals surface area contributed by atoms with Gasteiger partial charge in [-0.2, -0.15) is 0 Å². The molecule has 0 aromatic heterocycles. The fraction of sp³-hybridized carbons (Fsp3) is 0.120. The van der Waals surface area contributed by atoms with E-state index in [1.807, 2.05) is 0 Å². The maximum atomic E-state index is 12.4. The monoisotopic (exact) mass is 482 g/mol. The summed E-state index contributed by atoms with van der Waals surface area (Å²) in [4.78, 5) is 44.2. The molecule has 3 rings (SSSR count). The van der Waals surface area contributed by atoms with Gasteiger partial charge in [0.15, 0.2) is 0 Å². The Kier molecular flexibility index (Phi) is 9.80. The summed E-state index contributed by atoms with van der Waals surface area (Å²) in [6.45, 7) is 1.48. The first-order chi connectivity index (χ1) is 16.8. The average molecular weight is 482 g/mol. The van der Waals surface area contributed by atoms with Gasteiger partial charge in [-0.1, -0.05) is 0 Å². The number of carboxylic acid groups (broad SMARTS) is 1. The molecule has 0 bridgehead atoms. The topological polar surface area (TPSA) is 135 Å². The highest BCUT2D eigenvalue weighted by Gasteiger charge is 2.14. The lowest BCUT2D eigenvalue weighted by Gasteiger charge is -2.10. The molecular formula is C25H22O10. The zero-order valence-corrected chi connectivity index (χ0v) is 19.0. The van der Waals surface area contributed by atoms with Crippen molar-refractivity contribution in [1.29, 1.82) is 0 Å². The summed E-state index contributed by atoms with van der Waals surface area (Å²) in [6.07, 6.45) is -0.858. The predicted octanol–water partition coefficient (Wildman–Crippen LogP) is 4.29. The molecule has 3 aromatic carbocycles. The van der Waals surface area contributed by atoms with Crippen molar-refractivity contribution < 1.29 is 48.0 Å². The molecule has 10 nitrogen and oxygen atoms in total. The van der Waals surface area contributed by atoms with Gasteiger partial charge in [0, 0.05) is 0 Å². The summed E-state index contributed by atoms with van der Waals surface area (Å²) in [7, 11) is 2.74. The summed E-state index contributed by atoms with van der Waals surface area (Å²) in [5.41, 5.74) is 1.24. The van der Waals surface area contributed by atoms with Gasteiger partial charge < -0.3 is 28.8 Å². The second-order valence-corrected chi connectivity index (χ2v) is 6.62. The second-order valence-electron chi connectivity index (χ2n) is 6.62. The lowest BCUT2D eigenvalue weighted by molar-refractivity contribution is -0.122. The van der Waals surface area contributed by atoms with Crippen molar-refractivity contribution in [2.75, 3.05) is 14.2 Å². The van der Waals surface area contributed by atoms with Crippen LogP contribution >= 0.6 is 0 Å². The van der Waals surface area contributed by atoms with E-state index < -0.39 is 18.1 Å². The highest BCUT2D eigenvalue weighted by molar-refractivity contribution is 5.92. The van der Waals surface area contributed by atoms with Crippen LogP contribution in [0.25, 0.3) is 0 Å². The summed E-state index contributed by atoms with van der Waals surface area (Å²) >= 11 is 0. The SMILES string of the molecule is COC(=O)Oc1ccc(C(=O)Oc2ccc(OC(=O)c3ccc(OC)cc3)c(C)c2)cc1.O=CO. The van der Waals surface area contributed by atoms with Gasteiger partial charge in [0.1, 0.15) is 23.0 Å². The molecule has 0 unspecified atom stereocenters. The summed E-state index contributed by atoms with van der Waals surface area (Å²) in [6, 6.07) is 17.0. The van der Waals surface area contributed by atoms with Gasteiger partial charge >= 0.3 is 18.1 Å². The highest BCUT2D eigenvalue weighted by Crippen LogP contribution is 2.25. The van der Waals surface area contributed by atoms with Crippen molar-refractivity contribution in [2.45, 2.75) is 6.92 Å². The quantitative estimate of drug-likeness (QED) is 0.235. The van der Waals surface area contributed by atoms with E-state index in [-0.39, 0.29) is 23.5 Å². The first-order valence-corrected chi connectivity index (χ1v) is 9.94. The molecule has 1 N–H and O–H groups in total. The minimum absolute atomic E-state index is 0.229. The summed E-state index contributed by atoms with van der Waals surface area (Å²) < 4.78 is 25.1. The van der Waals surface area contributed by atoms with Crippen LogP contribution in [0.5, 0.6) is 23.0 Å². The number of hydrogen-bond acceptors (Lipinski definition) is 9. The number of hydrogen-bond donors (Lipinski definition) is 1. The average Bonchev–Trinajstić information content (AvgIpc) is 2.86. The van der Waals surface area contributed by atoms with Crippen LogP contribution in [0.1, 0.15) is 26.3 Å². The Hall–Kier alpha value is -4.86. The molecule has 0 spiro atoms. The van der Waals surface area contributed by atoms with Crippen LogP contribution in [-0.2, 0) is 9.53 Å². The molecular weight excluding hydrogens is 460 g/mol. The van der Waals surface area contributed by atoms with E-state index in [4.69, 9.17) is 28.8 Å². The number of aryl methyl sites for hydroxylation is 1. The molecule has 0 heterocycles. The minimum Gasteiger partial charge on any atom is -0.497 e. The standard InChI is InChI=1S/C24H20O8.CH2O2/c1-15-14-20(30-22(25)16-6-10-19(11-7-16)31-24(27)29-3)12-13-21(15)32-23(26)17-4-8-18(28-2)9-5-17;2-1-3/h4-14H,1-3H3;1H,(H,2,3). The molecule has 0 saturated heterocycles. The van der Waals surface area contributed by atoms with Crippen LogP contribution in [-0.4, -0.2) is 43.9 Å². The molecule has 35 heavy (non-hydrogen) atoms. The molecule has 0 saturated carbocycles. The Labute approximate surface area is 200 Å². The van der Waals surface area contributed by atoms with Crippen LogP contribution in [0, 0.1) is 6.92 Å². The molecule has 0 aliphatic heterocycles. The van der Waals surface area contributed by atoms with Gasteiger partial charge in [-0.05, 0) is 79.2 Å². The van der Waals surface area contributed by atoms with Gasteiger partial charge in [0.05, 0.1) is 25.3 Å². The predicted molar refractivity (Wildman–Crippen MR) is 122 cm³/mol. The van der Waals surface area contributed by atoms with Crippen LogP contribution in [0.2, 0.25) is 0 Å². The normalized spacial score (nSPS) is 9.57. The number of ether oxygens (including phenoxy) is 5.